The Morgan fingerprint density at radius 3 is 2.53 bits per heavy atom. The highest BCUT2D eigenvalue weighted by atomic mass is 19.1. The fourth-order valence-corrected chi connectivity index (χ4v) is 1.88. The highest BCUT2D eigenvalue weighted by molar-refractivity contribution is 5.90. The van der Waals surface area contributed by atoms with Gasteiger partial charge < -0.3 is 9.84 Å². The molecule has 0 atom stereocenters. The summed E-state index contributed by atoms with van der Waals surface area (Å²) in [7, 11) is 1.51. The van der Waals surface area contributed by atoms with Crippen molar-refractivity contribution in [3.63, 3.8) is 0 Å². The predicted molar refractivity (Wildman–Crippen MR) is 70.1 cm³/mol. The molecule has 2 rings (SSSR count). The van der Waals surface area contributed by atoms with E-state index in [1.165, 1.54) is 25.3 Å². The molecule has 0 aliphatic heterocycles. The van der Waals surface area contributed by atoms with Gasteiger partial charge in [0.1, 0.15) is 11.6 Å². The fourth-order valence-electron chi connectivity index (χ4n) is 1.88. The van der Waals surface area contributed by atoms with E-state index >= 15 is 0 Å². The third kappa shape index (κ3) is 2.57. The van der Waals surface area contributed by atoms with Crippen LogP contribution in [0.25, 0.3) is 11.1 Å². The first kappa shape index (κ1) is 13.1. The lowest BCUT2D eigenvalue weighted by molar-refractivity contribution is 0.0697. The van der Waals surface area contributed by atoms with Crippen molar-refractivity contribution in [1.82, 2.24) is 0 Å². The molecule has 0 spiro atoms. The van der Waals surface area contributed by atoms with Crippen LogP contribution in [-0.2, 0) is 0 Å². The maximum absolute atomic E-state index is 13.3. The highest BCUT2D eigenvalue weighted by Gasteiger charge is 2.11. The van der Waals surface area contributed by atoms with Crippen molar-refractivity contribution in [3.05, 3.63) is 53.3 Å². The van der Waals surface area contributed by atoms with Crippen LogP contribution in [0.1, 0.15) is 15.9 Å². The van der Waals surface area contributed by atoms with E-state index in [4.69, 9.17) is 9.84 Å². The number of methoxy groups -OCH3 is 1. The number of hydrogen-bond acceptors (Lipinski definition) is 2. The van der Waals surface area contributed by atoms with E-state index in [1.807, 2.05) is 0 Å². The zero-order chi connectivity index (χ0) is 14.0. The molecule has 0 aliphatic carbocycles. The highest BCUT2D eigenvalue weighted by Crippen LogP contribution is 2.31. The van der Waals surface area contributed by atoms with Gasteiger partial charge in [-0.25, -0.2) is 9.18 Å². The second-order valence-corrected chi connectivity index (χ2v) is 4.18. The molecule has 3 nitrogen and oxygen atoms in total. The minimum Gasteiger partial charge on any atom is -0.496 e. The van der Waals surface area contributed by atoms with Crippen molar-refractivity contribution in [2.75, 3.05) is 7.11 Å². The smallest absolute Gasteiger partial charge is 0.335 e. The van der Waals surface area contributed by atoms with Crippen molar-refractivity contribution in [2.45, 2.75) is 6.92 Å². The van der Waals surface area contributed by atoms with Gasteiger partial charge in [0.15, 0.2) is 0 Å². The topological polar surface area (TPSA) is 46.5 Å². The number of ether oxygens (including phenoxy) is 1. The lowest BCUT2D eigenvalue weighted by Crippen LogP contribution is -1.98. The van der Waals surface area contributed by atoms with Crippen LogP contribution in [0, 0.1) is 12.7 Å². The zero-order valence-electron chi connectivity index (χ0n) is 10.6. The SMILES string of the molecule is COc1ccc(C(=O)O)cc1-c1ccc(F)c(C)c1. The van der Waals surface area contributed by atoms with Crippen molar-refractivity contribution < 1.29 is 19.0 Å². The average Bonchev–Trinajstić information content (AvgIpc) is 2.41. The minimum atomic E-state index is -1.01. The third-order valence-corrected chi connectivity index (χ3v) is 2.92. The van der Waals surface area contributed by atoms with Crippen molar-refractivity contribution in [2.24, 2.45) is 0 Å². The number of rotatable bonds is 3. The molecule has 0 aromatic heterocycles. The van der Waals surface area contributed by atoms with Gasteiger partial charge in [-0.1, -0.05) is 6.07 Å². The van der Waals surface area contributed by atoms with E-state index < -0.39 is 5.97 Å². The van der Waals surface area contributed by atoms with Gasteiger partial charge in [0.2, 0.25) is 0 Å². The van der Waals surface area contributed by atoms with E-state index in [9.17, 15) is 9.18 Å². The predicted octanol–water partition coefficient (Wildman–Crippen LogP) is 3.51. The van der Waals surface area contributed by atoms with Gasteiger partial charge in [0, 0.05) is 5.56 Å². The number of halogens is 1. The quantitative estimate of drug-likeness (QED) is 0.918. The molecule has 0 fully saturated rings. The van der Waals surface area contributed by atoms with Gasteiger partial charge in [-0.3, -0.25) is 0 Å². The molecule has 0 saturated carbocycles. The van der Waals surface area contributed by atoms with E-state index in [0.717, 1.165) is 5.56 Å². The number of aryl methyl sites for hydroxylation is 1. The molecule has 19 heavy (non-hydrogen) atoms. The Bertz CT molecular complexity index is 635. The number of aromatic carboxylic acids is 1. The van der Waals surface area contributed by atoms with E-state index in [0.29, 0.717) is 16.9 Å². The molecular formula is C15H13FO3. The second kappa shape index (κ2) is 5.10. The molecule has 0 heterocycles. The maximum Gasteiger partial charge on any atom is 0.335 e. The zero-order valence-corrected chi connectivity index (χ0v) is 10.6. The molecule has 98 valence electrons. The molecule has 2 aromatic rings. The van der Waals surface area contributed by atoms with Gasteiger partial charge in [-0.2, -0.15) is 0 Å². The summed E-state index contributed by atoms with van der Waals surface area (Å²) >= 11 is 0. The molecule has 0 aliphatic rings. The summed E-state index contributed by atoms with van der Waals surface area (Å²) in [5.74, 6) is -0.754. The number of benzene rings is 2. The Morgan fingerprint density at radius 1 is 1.21 bits per heavy atom. The Morgan fingerprint density at radius 2 is 1.95 bits per heavy atom. The largest absolute Gasteiger partial charge is 0.496 e. The Balaban J connectivity index is 2.61. The van der Waals surface area contributed by atoms with Gasteiger partial charge in [0.25, 0.3) is 0 Å². The van der Waals surface area contributed by atoms with Crippen LogP contribution in [0.5, 0.6) is 5.75 Å². The number of hydrogen-bond donors (Lipinski definition) is 1. The van der Waals surface area contributed by atoms with Crippen molar-refractivity contribution >= 4 is 5.97 Å². The van der Waals surface area contributed by atoms with Gasteiger partial charge >= 0.3 is 5.97 Å². The number of carbonyl (C=O) groups is 1. The number of carboxylic acid groups (broad SMARTS) is 1. The maximum atomic E-state index is 13.3. The van der Waals surface area contributed by atoms with Crippen LogP contribution >= 0.6 is 0 Å². The second-order valence-electron chi connectivity index (χ2n) is 4.18. The molecule has 0 saturated heterocycles. The summed E-state index contributed by atoms with van der Waals surface area (Å²) in [6.07, 6.45) is 0. The molecule has 0 amide bonds. The first-order valence-corrected chi connectivity index (χ1v) is 5.71. The van der Waals surface area contributed by atoms with Crippen LogP contribution < -0.4 is 4.74 Å². The van der Waals surface area contributed by atoms with E-state index in [-0.39, 0.29) is 11.4 Å². The lowest BCUT2D eigenvalue weighted by Gasteiger charge is -2.10. The van der Waals surface area contributed by atoms with Gasteiger partial charge in [-0.15, -0.1) is 0 Å². The van der Waals surface area contributed by atoms with Gasteiger partial charge in [-0.05, 0) is 48.4 Å². The molecule has 2 aromatic carbocycles. The van der Waals surface area contributed by atoms with Crippen LogP contribution in [0.4, 0.5) is 4.39 Å². The normalized spacial score (nSPS) is 10.3. The van der Waals surface area contributed by atoms with Crippen molar-refractivity contribution in [1.29, 1.82) is 0 Å². The van der Waals surface area contributed by atoms with Crippen LogP contribution in [-0.4, -0.2) is 18.2 Å². The molecule has 4 heteroatoms. The standard InChI is InChI=1S/C15H13FO3/c1-9-7-10(3-5-13(9)16)12-8-11(15(17)18)4-6-14(12)19-2/h3-8H,1-2H3,(H,17,18). The van der Waals surface area contributed by atoms with Crippen LogP contribution in [0.2, 0.25) is 0 Å². The summed E-state index contributed by atoms with van der Waals surface area (Å²) < 4.78 is 18.5. The summed E-state index contributed by atoms with van der Waals surface area (Å²) in [5.41, 5.74) is 2.02. The van der Waals surface area contributed by atoms with Crippen LogP contribution in [0.3, 0.4) is 0 Å². The fraction of sp³-hybridized carbons (Fsp3) is 0.133. The first-order chi connectivity index (χ1) is 9.02. The summed E-state index contributed by atoms with van der Waals surface area (Å²) in [6, 6.07) is 9.22. The summed E-state index contributed by atoms with van der Waals surface area (Å²) in [4.78, 5) is 11.0. The molecule has 0 radical (unpaired) electrons. The molecule has 1 N–H and O–H groups in total. The molecular weight excluding hydrogens is 247 g/mol. The Hall–Kier alpha value is -2.36. The molecule has 0 unspecified atom stereocenters. The van der Waals surface area contributed by atoms with Gasteiger partial charge in [0.05, 0.1) is 12.7 Å². The van der Waals surface area contributed by atoms with Crippen molar-refractivity contribution in [3.8, 4) is 16.9 Å². The Kier molecular flexibility index (Phi) is 3.51. The Labute approximate surface area is 110 Å². The number of carboxylic acids is 1. The van der Waals surface area contributed by atoms with Crippen LogP contribution in [0.15, 0.2) is 36.4 Å². The van der Waals surface area contributed by atoms with E-state index in [2.05, 4.69) is 0 Å². The summed E-state index contributed by atoms with van der Waals surface area (Å²) in [5, 5.41) is 9.02. The lowest BCUT2D eigenvalue weighted by atomic mass is 10.00. The molecule has 0 bridgehead atoms. The summed E-state index contributed by atoms with van der Waals surface area (Å²) in [6.45, 7) is 1.66. The monoisotopic (exact) mass is 260 g/mol. The average molecular weight is 260 g/mol. The minimum absolute atomic E-state index is 0.165. The van der Waals surface area contributed by atoms with E-state index in [1.54, 1.807) is 25.1 Å². The third-order valence-electron chi connectivity index (χ3n) is 2.92. The first-order valence-electron chi connectivity index (χ1n) is 5.71.